The Morgan fingerprint density at radius 2 is 1.79 bits per heavy atom. The number of nitrogens with one attached hydrogen (secondary N) is 3. The lowest BCUT2D eigenvalue weighted by atomic mass is 10.0. The quantitative estimate of drug-likeness (QED) is 0.444. The number of alkyl carbamates (subject to hydrolysis) is 1. The first kappa shape index (κ1) is 32.2. The number of benzene rings is 2. The third kappa shape index (κ3) is 9.39. The van der Waals surface area contributed by atoms with Crippen LogP contribution in [0.25, 0.3) is 11.1 Å². The van der Waals surface area contributed by atoms with Crippen LogP contribution in [0.2, 0.25) is 0 Å². The molecule has 228 valence electrons. The maximum absolute atomic E-state index is 13.6. The van der Waals surface area contributed by atoms with Crippen LogP contribution in [-0.4, -0.2) is 80.3 Å². The van der Waals surface area contributed by atoms with Crippen molar-refractivity contribution >= 4 is 23.8 Å². The van der Waals surface area contributed by atoms with Gasteiger partial charge in [0.05, 0.1) is 13.2 Å². The number of nitrogens with zero attached hydrogens (tertiary/aromatic N) is 1. The van der Waals surface area contributed by atoms with Crippen molar-refractivity contribution in [3.8, 4) is 22.6 Å². The number of ether oxygens (including phenoxy) is 3. The Morgan fingerprint density at radius 1 is 1.07 bits per heavy atom. The van der Waals surface area contributed by atoms with E-state index in [1.54, 1.807) is 65.3 Å². The highest BCUT2D eigenvalue weighted by molar-refractivity contribution is 5.98. The van der Waals surface area contributed by atoms with E-state index in [-0.39, 0.29) is 49.8 Å². The van der Waals surface area contributed by atoms with E-state index in [4.69, 9.17) is 14.2 Å². The van der Waals surface area contributed by atoms with E-state index in [9.17, 15) is 19.2 Å². The van der Waals surface area contributed by atoms with E-state index in [0.29, 0.717) is 30.0 Å². The SMILES string of the molecule is COc1ccc2c(c1)-c1cccc(c1)C(=O)N(C)[C@H](C(=O)NCCCNC(=O)OC(C)(C)C)CCC(=O)N[C@H](C)CO2. The summed E-state index contributed by atoms with van der Waals surface area (Å²) >= 11 is 0. The minimum absolute atomic E-state index is 0.0358. The fourth-order valence-electron chi connectivity index (χ4n) is 4.45. The second kappa shape index (κ2) is 14.6. The fourth-order valence-corrected chi connectivity index (χ4v) is 4.45. The Bertz CT molecular complexity index is 1270. The molecule has 0 radical (unpaired) electrons. The molecule has 0 spiro atoms. The molecule has 2 aromatic rings. The molecule has 0 unspecified atom stereocenters. The maximum Gasteiger partial charge on any atom is 0.407 e. The highest BCUT2D eigenvalue weighted by Gasteiger charge is 2.29. The first-order valence-corrected chi connectivity index (χ1v) is 14.1. The van der Waals surface area contributed by atoms with Crippen molar-refractivity contribution in [2.75, 3.05) is 33.9 Å². The molecule has 4 amide bonds. The summed E-state index contributed by atoms with van der Waals surface area (Å²) in [6, 6.07) is 11.3. The van der Waals surface area contributed by atoms with Crippen LogP contribution in [-0.2, 0) is 14.3 Å². The van der Waals surface area contributed by atoms with E-state index >= 15 is 0 Å². The molecule has 2 bridgehead atoms. The Hall–Kier alpha value is -4.28. The van der Waals surface area contributed by atoms with Crippen LogP contribution < -0.4 is 25.4 Å². The molecule has 1 aliphatic heterocycles. The Morgan fingerprint density at radius 3 is 2.50 bits per heavy atom. The van der Waals surface area contributed by atoms with Gasteiger partial charge >= 0.3 is 6.09 Å². The van der Waals surface area contributed by atoms with Crippen molar-refractivity contribution in [2.24, 2.45) is 0 Å². The van der Waals surface area contributed by atoms with Crippen molar-refractivity contribution in [2.45, 2.75) is 64.6 Å². The Kier molecular flexibility index (Phi) is 11.2. The molecule has 42 heavy (non-hydrogen) atoms. The van der Waals surface area contributed by atoms with Crippen molar-refractivity contribution in [3.63, 3.8) is 0 Å². The molecule has 3 rings (SSSR count). The molecule has 0 saturated carbocycles. The molecule has 1 aliphatic rings. The van der Waals surface area contributed by atoms with E-state index in [1.807, 2.05) is 19.1 Å². The molecular weight excluding hydrogens is 540 g/mol. The van der Waals surface area contributed by atoms with Gasteiger partial charge in [-0.15, -0.1) is 0 Å². The molecule has 0 aliphatic carbocycles. The number of carbonyl (C=O) groups is 4. The normalized spacial score (nSPS) is 17.9. The van der Waals surface area contributed by atoms with E-state index in [2.05, 4.69) is 16.0 Å². The van der Waals surface area contributed by atoms with E-state index in [1.165, 1.54) is 4.90 Å². The van der Waals surface area contributed by atoms with Gasteiger partial charge in [0.1, 0.15) is 29.7 Å². The average molecular weight is 583 g/mol. The highest BCUT2D eigenvalue weighted by atomic mass is 16.6. The van der Waals surface area contributed by atoms with Gasteiger partial charge in [-0.3, -0.25) is 14.4 Å². The number of hydrogen-bond acceptors (Lipinski definition) is 7. The summed E-state index contributed by atoms with van der Waals surface area (Å²) in [7, 11) is 3.13. The third-order valence-electron chi connectivity index (χ3n) is 6.56. The van der Waals surface area contributed by atoms with Gasteiger partial charge in [-0.2, -0.15) is 0 Å². The topological polar surface area (TPSA) is 135 Å². The summed E-state index contributed by atoms with van der Waals surface area (Å²) < 4.78 is 16.7. The minimum atomic E-state index is -0.894. The summed E-state index contributed by atoms with van der Waals surface area (Å²) in [5, 5.41) is 8.39. The zero-order chi connectivity index (χ0) is 30.9. The average Bonchev–Trinajstić information content (AvgIpc) is 2.94. The van der Waals surface area contributed by atoms with Crippen LogP contribution in [0.4, 0.5) is 4.79 Å². The number of likely N-dealkylation sites (N-methyl/N-ethyl adjacent to an activating group) is 1. The molecule has 1 heterocycles. The zero-order valence-electron chi connectivity index (χ0n) is 25.2. The minimum Gasteiger partial charge on any atom is -0.497 e. The Labute approximate surface area is 247 Å². The molecule has 2 aromatic carbocycles. The lowest BCUT2D eigenvalue weighted by Crippen LogP contribution is -2.49. The van der Waals surface area contributed by atoms with Crippen LogP contribution in [0.3, 0.4) is 0 Å². The monoisotopic (exact) mass is 582 g/mol. The van der Waals surface area contributed by atoms with Crippen molar-refractivity contribution in [3.05, 3.63) is 48.0 Å². The van der Waals surface area contributed by atoms with Crippen molar-refractivity contribution in [1.82, 2.24) is 20.9 Å². The number of amides is 4. The Balaban J connectivity index is 1.79. The van der Waals surface area contributed by atoms with Crippen LogP contribution in [0, 0.1) is 0 Å². The molecule has 11 heteroatoms. The lowest BCUT2D eigenvalue weighted by Gasteiger charge is -2.28. The number of methoxy groups -OCH3 is 1. The number of hydrogen-bond donors (Lipinski definition) is 3. The van der Waals surface area contributed by atoms with Gasteiger partial charge in [-0.1, -0.05) is 12.1 Å². The standard InChI is InChI=1S/C31H42N4O7/c1-20-19-41-26-13-11-23(40-6)18-24(26)21-9-7-10-22(17-21)29(38)35(5)25(12-14-27(36)34-20)28(37)32-15-8-16-33-30(39)42-31(2,3)4/h7,9-11,13,17-18,20,25H,8,12,14-16,19H2,1-6H3,(H,32,37)(H,33,39)(H,34,36)/t20-,25+/m1/s1. The van der Waals surface area contributed by atoms with Crippen LogP contribution in [0.1, 0.15) is 57.3 Å². The van der Waals surface area contributed by atoms with Crippen molar-refractivity contribution < 1.29 is 33.4 Å². The third-order valence-corrected chi connectivity index (χ3v) is 6.56. The van der Waals surface area contributed by atoms with Crippen molar-refractivity contribution in [1.29, 1.82) is 0 Å². The largest absolute Gasteiger partial charge is 0.497 e. The van der Waals surface area contributed by atoms with Gasteiger partial charge in [-0.05, 0) is 76.4 Å². The summed E-state index contributed by atoms with van der Waals surface area (Å²) in [5.74, 6) is 0.212. The fraction of sp³-hybridized carbons (Fsp3) is 0.484. The number of carbonyl (C=O) groups excluding carboxylic acids is 4. The first-order valence-electron chi connectivity index (χ1n) is 14.1. The second-order valence-electron chi connectivity index (χ2n) is 11.3. The highest BCUT2D eigenvalue weighted by Crippen LogP contribution is 2.34. The summed E-state index contributed by atoms with van der Waals surface area (Å²) in [6.07, 6.45) is 0.0857. The molecule has 2 atom stereocenters. The molecule has 0 aromatic heterocycles. The number of fused-ring (bicyclic) bond motifs is 4. The molecule has 0 fully saturated rings. The molecular formula is C31H42N4O7. The molecule has 11 nitrogen and oxygen atoms in total. The maximum atomic E-state index is 13.6. The number of rotatable bonds is 6. The van der Waals surface area contributed by atoms with Crippen LogP contribution >= 0.6 is 0 Å². The van der Waals surface area contributed by atoms with Gasteiger partial charge in [0, 0.05) is 37.7 Å². The van der Waals surface area contributed by atoms with Gasteiger partial charge in [-0.25, -0.2) is 4.79 Å². The van der Waals surface area contributed by atoms with E-state index < -0.39 is 17.7 Å². The van der Waals surface area contributed by atoms with Crippen LogP contribution in [0.15, 0.2) is 42.5 Å². The second-order valence-corrected chi connectivity index (χ2v) is 11.3. The van der Waals surface area contributed by atoms with Crippen LogP contribution in [0.5, 0.6) is 11.5 Å². The summed E-state index contributed by atoms with van der Waals surface area (Å²) in [5.41, 5.74) is 1.26. The van der Waals surface area contributed by atoms with Gasteiger partial charge in [0.15, 0.2) is 0 Å². The summed E-state index contributed by atoms with van der Waals surface area (Å²) in [6.45, 7) is 7.96. The molecule has 0 saturated heterocycles. The lowest BCUT2D eigenvalue weighted by molar-refractivity contribution is -0.126. The van der Waals surface area contributed by atoms with E-state index in [0.717, 1.165) is 11.1 Å². The summed E-state index contributed by atoms with van der Waals surface area (Å²) in [4.78, 5) is 52.9. The first-order chi connectivity index (χ1) is 19.9. The van der Waals surface area contributed by atoms with Gasteiger partial charge in [0.2, 0.25) is 11.8 Å². The zero-order valence-corrected chi connectivity index (χ0v) is 25.2. The predicted molar refractivity (Wildman–Crippen MR) is 159 cm³/mol. The van der Waals surface area contributed by atoms with Gasteiger partial charge < -0.3 is 35.1 Å². The van der Waals surface area contributed by atoms with Gasteiger partial charge in [0.25, 0.3) is 5.91 Å². The molecule has 3 N–H and O–H groups in total. The smallest absolute Gasteiger partial charge is 0.407 e. The predicted octanol–water partition coefficient (Wildman–Crippen LogP) is 3.51.